The van der Waals surface area contributed by atoms with Gasteiger partial charge in [0.2, 0.25) is 0 Å². The summed E-state index contributed by atoms with van der Waals surface area (Å²) in [6, 6.07) is 4.25. The normalized spacial score (nSPS) is 17.9. The molecule has 0 bridgehead atoms. The lowest BCUT2D eigenvalue weighted by Crippen LogP contribution is -2.33. The second-order valence-electron chi connectivity index (χ2n) is 5.41. The molecule has 4 heteroatoms. The Balaban J connectivity index is 1.39. The van der Waals surface area contributed by atoms with Crippen LogP contribution in [-0.2, 0) is 13.1 Å². The summed E-state index contributed by atoms with van der Waals surface area (Å²) in [5.41, 5.74) is 1.47. The smallest absolute Gasteiger partial charge is 0.0489 e. The van der Waals surface area contributed by atoms with Crippen molar-refractivity contribution < 1.29 is 0 Å². The fourth-order valence-corrected chi connectivity index (χ4v) is 3.48. The van der Waals surface area contributed by atoms with Crippen molar-refractivity contribution in [3.63, 3.8) is 0 Å². The maximum atomic E-state index is 4.27. The molecule has 1 aliphatic rings. The van der Waals surface area contributed by atoms with Gasteiger partial charge in [0.25, 0.3) is 0 Å². The highest BCUT2D eigenvalue weighted by Gasteiger charge is 2.19. The predicted molar refractivity (Wildman–Crippen MR) is 79.2 cm³/mol. The van der Waals surface area contributed by atoms with Crippen LogP contribution in [0.1, 0.15) is 24.8 Å². The molecule has 0 aromatic carbocycles. The topological polar surface area (TPSA) is 21.1 Å². The van der Waals surface area contributed by atoms with Crippen molar-refractivity contribution in [1.29, 1.82) is 0 Å². The molecule has 0 radical (unpaired) electrons. The summed E-state index contributed by atoms with van der Waals surface area (Å²) in [6.45, 7) is 4.71. The molecule has 2 aromatic heterocycles. The number of aromatic nitrogens is 2. The van der Waals surface area contributed by atoms with Crippen LogP contribution in [0.3, 0.4) is 0 Å². The van der Waals surface area contributed by atoms with E-state index >= 15 is 0 Å². The molecular formula is C15H21N3S. The zero-order chi connectivity index (χ0) is 12.9. The lowest BCUT2D eigenvalue weighted by Gasteiger charge is -2.31. The molecule has 3 nitrogen and oxygen atoms in total. The van der Waals surface area contributed by atoms with E-state index in [0.29, 0.717) is 0 Å². The monoisotopic (exact) mass is 275 g/mol. The van der Waals surface area contributed by atoms with E-state index < -0.39 is 0 Å². The molecule has 3 rings (SSSR count). The molecular weight excluding hydrogens is 254 g/mol. The van der Waals surface area contributed by atoms with Crippen LogP contribution in [0.4, 0.5) is 0 Å². The van der Waals surface area contributed by atoms with Crippen molar-refractivity contribution in [2.75, 3.05) is 13.1 Å². The van der Waals surface area contributed by atoms with Crippen LogP contribution >= 0.6 is 11.3 Å². The SMILES string of the molecule is c1cnn(CCC2CCN(Cc3ccsc3)CC2)c1. The zero-order valence-corrected chi connectivity index (χ0v) is 12.1. The van der Waals surface area contributed by atoms with Crippen LogP contribution < -0.4 is 0 Å². The summed E-state index contributed by atoms with van der Waals surface area (Å²) in [7, 11) is 0. The van der Waals surface area contributed by atoms with Gasteiger partial charge in [0.1, 0.15) is 0 Å². The second-order valence-corrected chi connectivity index (χ2v) is 6.19. The highest BCUT2D eigenvalue weighted by molar-refractivity contribution is 7.07. The Morgan fingerprint density at radius 1 is 1.32 bits per heavy atom. The number of thiophene rings is 1. The molecule has 102 valence electrons. The third-order valence-electron chi connectivity index (χ3n) is 4.02. The first kappa shape index (κ1) is 12.9. The summed E-state index contributed by atoms with van der Waals surface area (Å²) in [5, 5.41) is 8.71. The van der Waals surface area contributed by atoms with Crippen LogP contribution in [0.2, 0.25) is 0 Å². The van der Waals surface area contributed by atoms with Gasteiger partial charge in [0.05, 0.1) is 0 Å². The van der Waals surface area contributed by atoms with E-state index in [9.17, 15) is 0 Å². The molecule has 19 heavy (non-hydrogen) atoms. The number of hydrogen-bond donors (Lipinski definition) is 0. The molecule has 0 saturated carbocycles. The minimum Gasteiger partial charge on any atom is -0.299 e. The van der Waals surface area contributed by atoms with E-state index in [0.717, 1.165) is 19.0 Å². The predicted octanol–water partition coefficient (Wildman–Crippen LogP) is 3.25. The summed E-state index contributed by atoms with van der Waals surface area (Å²) < 4.78 is 2.05. The fourth-order valence-electron chi connectivity index (χ4n) is 2.82. The van der Waals surface area contributed by atoms with Gasteiger partial charge in [0.15, 0.2) is 0 Å². The Labute approximate surface area is 118 Å². The Bertz CT molecular complexity index is 456. The van der Waals surface area contributed by atoms with E-state index in [1.807, 2.05) is 12.3 Å². The third-order valence-corrected chi connectivity index (χ3v) is 4.75. The number of aryl methyl sites for hydroxylation is 1. The first-order valence-electron chi connectivity index (χ1n) is 7.11. The molecule has 0 amide bonds. The van der Waals surface area contributed by atoms with E-state index in [2.05, 4.69) is 37.7 Å². The number of piperidine rings is 1. The Hall–Kier alpha value is -1.13. The summed E-state index contributed by atoms with van der Waals surface area (Å²) in [4.78, 5) is 2.59. The molecule has 0 unspecified atom stereocenters. The van der Waals surface area contributed by atoms with Gasteiger partial charge in [0, 0.05) is 25.5 Å². The van der Waals surface area contributed by atoms with Crippen LogP contribution in [-0.4, -0.2) is 27.8 Å². The summed E-state index contributed by atoms with van der Waals surface area (Å²) >= 11 is 1.80. The number of hydrogen-bond acceptors (Lipinski definition) is 3. The minimum atomic E-state index is 0.878. The van der Waals surface area contributed by atoms with Gasteiger partial charge in [-0.15, -0.1) is 0 Å². The lowest BCUT2D eigenvalue weighted by atomic mass is 9.93. The van der Waals surface area contributed by atoms with E-state index in [-0.39, 0.29) is 0 Å². The molecule has 1 saturated heterocycles. The standard InChI is InChI=1S/C15H21N3S/c1-6-16-18(7-1)10-4-14-2-8-17(9-3-14)12-15-5-11-19-13-15/h1,5-7,11,13-14H,2-4,8-10,12H2. The Morgan fingerprint density at radius 3 is 2.89 bits per heavy atom. The second kappa shape index (κ2) is 6.35. The molecule has 0 aliphatic carbocycles. The summed E-state index contributed by atoms with van der Waals surface area (Å²) in [5.74, 6) is 0.878. The number of rotatable bonds is 5. The molecule has 0 spiro atoms. The quantitative estimate of drug-likeness (QED) is 0.835. The van der Waals surface area contributed by atoms with Gasteiger partial charge in [-0.1, -0.05) is 0 Å². The Kier molecular flexibility index (Phi) is 4.30. The van der Waals surface area contributed by atoms with Crippen molar-refractivity contribution in [3.8, 4) is 0 Å². The first-order valence-corrected chi connectivity index (χ1v) is 8.05. The van der Waals surface area contributed by atoms with E-state index in [1.165, 1.54) is 37.9 Å². The molecule has 0 N–H and O–H groups in total. The largest absolute Gasteiger partial charge is 0.299 e. The van der Waals surface area contributed by atoms with Crippen molar-refractivity contribution in [2.24, 2.45) is 5.92 Å². The van der Waals surface area contributed by atoms with Crippen LogP contribution in [0.5, 0.6) is 0 Å². The fraction of sp³-hybridized carbons (Fsp3) is 0.533. The number of nitrogens with zero attached hydrogens (tertiary/aromatic N) is 3. The lowest BCUT2D eigenvalue weighted by molar-refractivity contribution is 0.168. The molecule has 1 aliphatic heterocycles. The third kappa shape index (κ3) is 3.67. The van der Waals surface area contributed by atoms with Crippen LogP contribution in [0, 0.1) is 5.92 Å². The number of likely N-dealkylation sites (tertiary alicyclic amines) is 1. The van der Waals surface area contributed by atoms with Crippen molar-refractivity contribution in [2.45, 2.75) is 32.4 Å². The average molecular weight is 275 g/mol. The first-order chi connectivity index (χ1) is 9.40. The maximum Gasteiger partial charge on any atom is 0.0489 e. The van der Waals surface area contributed by atoms with Crippen molar-refractivity contribution in [1.82, 2.24) is 14.7 Å². The van der Waals surface area contributed by atoms with Gasteiger partial charge in [-0.25, -0.2) is 0 Å². The van der Waals surface area contributed by atoms with E-state index in [1.54, 1.807) is 11.3 Å². The minimum absolute atomic E-state index is 0.878. The zero-order valence-electron chi connectivity index (χ0n) is 11.2. The molecule has 2 aromatic rings. The highest BCUT2D eigenvalue weighted by Crippen LogP contribution is 2.22. The van der Waals surface area contributed by atoms with Crippen molar-refractivity contribution in [3.05, 3.63) is 40.8 Å². The van der Waals surface area contributed by atoms with Gasteiger partial charge in [-0.3, -0.25) is 9.58 Å². The van der Waals surface area contributed by atoms with Gasteiger partial charge >= 0.3 is 0 Å². The Morgan fingerprint density at radius 2 is 2.21 bits per heavy atom. The molecule has 3 heterocycles. The van der Waals surface area contributed by atoms with Gasteiger partial charge in [-0.05, 0) is 66.7 Å². The van der Waals surface area contributed by atoms with Crippen molar-refractivity contribution >= 4 is 11.3 Å². The van der Waals surface area contributed by atoms with Gasteiger partial charge < -0.3 is 0 Å². The van der Waals surface area contributed by atoms with Crippen LogP contribution in [0.15, 0.2) is 35.3 Å². The van der Waals surface area contributed by atoms with Crippen LogP contribution in [0.25, 0.3) is 0 Å². The van der Waals surface area contributed by atoms with Gasteiger partial charge in [-0.2, -0.15) is 16.4 Å². The highest BCUT2D eigenvalue weighted by atomic mass is 32.1. The molecule has 1 fully saturated rings. The summed E-state index contributed by atoms with van der Waals surface area (Å²) in [6.07, 6.45) is 7.87. The maximum absolute atomic E-state index is 4.27. The average Bonchev–Trinajstić information content (AvgIpc) is 3.11. The molecule has 0 atom stereocenters. The van der Waals surface area contributed by atoms with E-state index in [4.69, 9.17) is 0 Å².